The van der Waals surface area contributed by atoms with Crippen LogP contribution in [0.1, 0.15) is 23.8 Å². The number of methoxy groups -OCH3 is 1. The molecule has 1 atom stereocenters. The predicted octanol–water partition coefficient (Wildman–Crippen LogP) is 2.38. The van der Waals surface area contributed by atoms with E-state index in [1.54, 1.807) is 22.2 Å². The molecule has 0 aromatic carbocycles. The second-order valence-electron chi connectivity index (χ2n) is 6.51. The summed E-state index contributed by atoms with van der Waals surface area (Å²) in [5.74, 6) is 1.21. The normalized spacial score (nSPS) is 17.2. The second kappa shape index (κ2) is 5.92. The van der Waals surface area contributed by atoms with E-state index < -0.39 is 0 Å². The van der Waals surface area contributed by atoms with Crippen molar-refractivity contribution in [2.75, 3.05) is 12.9 Å². The molecule has 5 rings (SSSR count). The van der Waals surface area contributed by atoms with Crippen LogP contribution in [0.25, 0.3) is 21.6 Å². The van der Waals surface area contributed by atoms with Crippen molar-refractivity contribution in [3.05, 3.63) is 16.8 Å². The number of hydrogen-bond acceptors (Lipinski definition) is 8. The molecule has 134 valence electrons. The maximum absolute atomic E-state index is 11.5. The number of ether oxygens (including phenoxy) is 1. The van der Waals surface area contributed by atoms with Gasteiger partial charge in [-0.25, -0.2) is 9.38 Å². The number of carbonyl (C=O) groups is 1. The maximum Gasteiger partial charge on any atom is 0.316 e. The Balaban J connectivity index is 1.80. The monoisotopic (exact) mass is 388 g/mol. The summed E-state index contributed by atoms with van der Waals surface area (Å²) < 4.78 is 8.48. The number of aromatic nitrogens is 6. The van der Waals surface area contributed by atoms with Crippen LogP contribution >= 0.6 is 23.1 Å². The largest absolute Gasteiger partial charge is 0.468 e. The van der Waals surface area contributed by atoms with E-state index in [4.69, 9.17) is 4.74 Å². The molecule has 4 heterocycles. The number of aryl methyl sites for hydroxylation is 1. The third-order valence-corrected chi connectivity index (χ3v) is 6.96. The number of rotatable bonds is 3. The Morgan fingerprint density at radius 2 is 2.35 bits per heavy atom. The van der Waals surface area contributed by atoms with Crippen LogP contribution in [-0.4, -0.2) is 48.0 Å². The molecule has 0 radical (unpaired) electrons. The zero-order valence-electron chi connectivity index (χ0n) is 14.3. The van der Waals surface area contributed by atoms with Gasteiger partial charge in [-0.05, 0) is 30.7 Å². The lowest BCUT2D eigenvalue weighted by atomic mass is 9.89. The first-order valence-corrected chi connectivity index (χ1v) is 10.2. The molecule has 0 saturated heterocycles. The predicted molar refractivity (Wildman–Crippen MR) is 98.8 cm³/mol. The van der Waals surface area contributed by atoms with Gasteiger partial charge in [-0.1, -0.05) is 18.7 Å². The van der Waals surface area contributed by atoms with Gasteiger partial charge in [0.25, 0.3) is 5.78 Å². The number of nitrogens with zero attached hydrogens (tertiary/aromatic N) is 6. The average Bonchev–Trinajstić information content (AvgIpc) is 3.34. The second-order valence-corrected chi connectivity index (χ2v) is 8.54. The summed E-state index contributed by atoms with van der Waals surface area (Å²) in [5.41, 5.74) is 2.21. The average molecular weight is 388 g/mol. The van der Waals surface area contributed by atoms with Gasteiger partial charge in [0.2, 0.25) is 0 Å². The number of thioether (sulfide) groups is 1. The Bertz CT molecular complexity index is 1160. The van der Waals surface area contributed by atoms with E-state index in [0.717, 1.165) is 28.7 Å². The van der Waals surface area contributed by atoms with Gasteiger partial charge in [0.05, 0.1) is 18.2 Å². The lowest BCUT2D eigenvalue weighted by molar-refractivity contribution is -0.137. The maximum atomic E-state index is 11.5. The van der Waals surface area contributed by atoms with Crippen LogP contribution in [-0.2, 0) is 22.4 Å². The van der Waals surface area contributed by atoms with Crippen molar-refractivity contribution < 1.29 is 9.53 Å². The summed E-state index contributed by atoms with van der Waals surface area (Å²) in [5, 5.41) is 14.7. The van der Waals surface area contributed by atoms with Crippen LogP contribution in [0.3, 0.4) is 0 Å². The van der Waals surface area contributed by atoms with Crippen LogP contribution in [0.2, 0.25) is 0 Å². The fourth-order valence-corrected chi connectivity index (χ4v) is 5.86. The molecule has 4 aromatic rings. The summed E-state index contributed by atoms with van der Waals surface area (Å²) in [4.78, 5) is 18.5. The number of esters is 1. The lowest BCUT2D eigenvalue weighted by Gasteiger charge is -2.17. The molecular weight excluding hydrogens is 372 g/mol. The molecule has 10 heteroatoms. The molecule has 0 amide bonds. The first kappa shape index (κ1) is 16.0. The molecule has 0 fully saturated rings. The Morgan fingerprint density at radius 1 is 1.46 bits per heavy atom. The first-order chi connectivity index (χ1) is 12.7. The molecule has 1 aliphatic rings. The van der Waals surface area contributed by atoms with E-state index >= 15 is 0 Å². The van der Waals surface area contributed by atoms with Crippen LogP contribution in [0.15, 0.2) is 11.5 Å². The minimum Gasteiger partial charge on any atom is -0.468 e. The third-order valence-electron chi connectivity index (χ3n) is 4.82. The fourth-order valence-electron chi connectivity index (χ4n) is 3.54. The van der Waals surface area contributed by atoms with Gasteiger partial charge < -0.3 is 4.74 Å². The van der Waals surface area contributed by atoms with Gasteiger partial charge in [-0.15, -0.1) is 21.5 Å². The number of carbonyl (C=O) groups excluding carboxylic acids is 1. The van der Waals surface area contributed by atoms with Crippen molar-refractivity contribution in [3.63, 3.8) is 0 Å². The van der Waals surface area contributed by atoms with Gasteiger partial charge >= 0.3 is 5.97 Å². The van der Waals surface area contributed by atoms with E-state index in [9.17, 15) is 4.79 Å². The molecule has 0 bridgehead atoms. The van der Waals surface area contributed by atoms with Crippen molar-refractivity contribution >= 4 is 50.7 Å². The van der Waals surface area contributed by atoms with Crippen molar-refractivity contribution in [1.82, 2.24) is 29.2 Å². The van der Waals surface area contributed by atoms with Gasteiger partial charge in [0.1, 0.15) is 11.2 Å². The highest BCUT2D eigenvalue weighted by atomic mass is 32.2. The zero-order chi connectivity index (χ0) is 17.8. The Kier molecular flexibility index (Phi) is 3.64. The van der Waals surface area contributed by atoms with E-state index in [-0.39, 0.29) is 11.7 Å². The summed E-state index contributed by atoms with van der Waals surface area (Å²) in [6.45, 7) is 2.30. The fraction of sp³-hybridized carbons (Fsp3) is 0.438. The highest BCUT2D eigenvalue weighted by Gasteiger charge is 2.26. The molecule has 0 spiro atoms. The number of hydrogen-bond donors (Lipinski definition) is 0. The van der Waals surface area contributed by atoms with Crippen molar-refractivity contribution in [3.8, 4) is 0 Å². The molecule has 26 heavy (non-hydrogen) atoms. The molecule has 0 aliphatic heterocycles. The molecule has 0 unspecified atom stereocenters. The summed E-state index contributed by atoms with van der Waals surface area (Å²) >= 11 is 3.10. The highest BCUT2D eigenvalue weighted by molar-refractivity contribution is 7.99. The summed E-state index contributed by atoms with van der Waals surface area (Å²) in [6, 6.07) is 0. The molecule has 4 aromatic heterocycles. The first-order valence-electron chi connectivity index (χ1n) is 8.38. The quantitative estimate of drug-likeness (QED) is 0.393. The number of thiophene rings is 1. The Hall–Kier alpha value is -2.20. The minimum absolute atomic E-state index is 0.191. The Morgan fingerprint density at radius 3 is 3.19 bits per heavy atom. The van der Waals surface area contributed by atoms with Crippen LogP contribution in [0, 0.1) is 5.92 Å². The summed E-state index contributed by atoms with van der Waals surface area (Å²) in [7, 11) is 1.39. The van der Waals surface area contributed by atoms with Gasteiger partial charge in [-0.3, -0.25) is 4.79 Å². The van der Waals surface area contributed by atoms with Crippen molar-refractivity contribution in [1.29, 1.82) is 0 Å². The summed E-state index contributed by atoms with van der Waals surface area (Å²) in [6.07, 6.45) is 4.88. The topological polar surface area (TPSA) is 86.7 Å². The minimum atomic E-state index is -0.288. The molecule has 0 N–H and O–H groups in total. The van der Waals surface area contributed by atoms with Crippen LogP contribution in [0.4, 0.5) is 0 Å². The highest BCUT2D eigenvalue weighted by Crippen LogP contribution is 2.40. The van der Waals surface area contributed by atoms with Crippen LogP contribution < -0.4 is 0 Å². The standard InChI is InChI=1S/C16H16N6O2S2/c1-8-3-4-9-10(5-8)26-14-12(9)13-17-7-18-22(13)15-19-20-16(21(14)15)25-6-11(23)24-2/h7-8H,3-6H2,1-2H3/t8-/m0/s1. The molecule has 8 nitrogen and oxygen atoms in total. The third kappa shape index (κ3) is 2.25. The Labute approximate surface area is 156 Å². The van der Waals surface area contributed by atoms with E-state index in [1.165, 1.54) is 35.7 Å². The smallest absolute Gasteiger partial charge is 0.316 e. The van der Waals surface area contributed by atoms with Gasteiger partial charge in [0.15, 0.2) is 10.8 Å². The van der Waals surface area contributed by atoms with E-state index in [1.807, 2.05) is 4.40 Å². The number of fused-ring (bicyclic) bond motifs is 8. The van der Waals surface area contributed by atoms with Crippen LogP contribution in [0.5, 0.6) is 0 Å². The van der Waals surface area contributed by atoms with Gasteiger partial charge in [0, 0.05) is 4.88 Å². The van der Waals surface area contributed by atoms with Crippen molar-refractivity contribution in [2.24, 2.45) is 5.92 Å². The lowest BCUT2D eigenvalue weighted by Crippen LogP contribution is -2.09. The molecule has 1 aliphatic carbocycles. The van der Waals surface area contributed by atoms with Gasteiger partial charge in [-0.2, -0.15) is 9.61 Å². The zero-order valence-corrected chi connectivity index (χ0v) is 15.9. The van der Waals surface area contributed by atoms with E-state index in [0.29, 0.717) is 16.9 Å². The SMILES string of the molecule is COC(=O)CSc1nnc2n3ncnc3c3c4c(sc3n12)C[C@@H](C)CC4. The van der Waals surface area contributed by atoms with E-state index in [2.05, 4.69) is 27.2 Å². The molecular formula is C16H16N6O2S2. The van der Waals surface area contributed by atoms with Crippen molar-refractivity contribution in [2.45, 2.75) is 31.3 Å². The molecule has 0 saturated carbocycles.